The number of alkyl halides is 1. The monoisotopic (exact) mass is 462 g/mol. The van der Waals surface area contributed by atoms with E-state index in [1.54, 1.807) is 16.7 Å². The highest BCUT2D eigenvalue weighted by Gasteiger charge is 2.39. The number of halogens is 1. The average molecular weight is 462 g/mol. The van der Waals surface area contributed by atoms with Crippen LogP contribution >= 0.6 is 22.6 Å². The molecule has 6 unspecified atom stereocenters. The molecular formula is C25H35I. The molecule has 0 spiro atoms. The molecule has 0 nitrogen and oxygen atoms in total. The van der Waals surface area contributed by atoms with Crippen molar-refractivity contribution in [3.05, 3.63) is 34.4 Å². The van der Waals surface area contributed by atoms with Gasteiger partial charge in [-0.25, -0.2) is 0 Å². The largest absolute Gasteiger partial charge is 0.0826 e. The highest BCUT2D eigenvalue weighted by molar-refractivity contribution is 14.1. The van der Waals surface area contributed by atoms with Crippen LogP contribution in [0.25, 0.3) is 0 Å². The maximum atomic E-state index is 2.69. The first kappa shape index (κ1) is 18.0. The molecule has 1 heteroatoms. The third-order valence-electron chi connectivity index (χ3n) is 8.58. The van der Waals surface area contributed by atoms with Gasteiger partial charge in [0.05, 0.1) is 0 Å². The summed E-state index contributed by atoms with van der Waals surface area (Å²) in [6, 6.07) is 0. The Kier molecular flexibility index (Phi) is 5.13. The van der Waals surface area contributed by atoms with Gasteiger partial charge < -0.3 is 0 Å². The van der Waals surface area contributed by atoms with Gasteiger partial charge in [-0.05, 0) is 112 Å². The Labute approximate surface area is 174 Å². The van der Waals surface area contributed by atoms with Crippen molar-refractivity contribution in [2.75, 3.05) is 0 Å². The minimum absolute atomic E-state index is 0.887. The topological polar surface area (TPSA) is 0 Å². The van der Waals surface area contributed by atoms with E-state index in [4.69, 9.17) is 0 Å². The first-order chi connectivity index (χ1) is 12.7. The lowest BCUT2D eigenvalue weighted by Gasteiger charge is -2.45. The molecule has 0 aromatic rings. The summed E-state index contributed by atoms with van der Waals surface area (Å²) in [4.78, 5) is 0. The van der Waals surface area contributed by atoms with E-state index >= 15 is 0 Å². The molecule has 0 N–H and O–H groups in total. The lowest BCUT2D eigenvalue weighted by atomic mass is 9.60. The summed E-state index contributed by atoms with van der Waals surface area (Å²) in [6.45, 7) is 2.45. The fourth-order valence-electron chi connectivity index (χ4n) is 7.30. The van der Waals surface area contributed by atoms with E-state index in [2.05, 4.69) is 41.7 Å². The maximum Gasteiger partial charge on any atom is 0.0113 e. The molecule has 5 aliphatic rings. The molecule has 26 heavy (non-hydrogen) atoms. The minimum Gasteiger partial charge on any atom is -0.0826 e. The summed E-state index contributed by atoms with van der Waals surface area (Å²) in [7, 11) is 0. The van der Waals surface area contributed by atoms with Crippen LogP contribution in [0, 0.1) is 29.6 Å². The van der Waals surface area contributed by atoms with E-state index < -0.39 is 0 Å². The lowest BCUT2D eigenvalue weighted by Crippen LogP contribution is -2.33. The van der Waals surface area contributed by atoms with Gasteiger partial charge in [0.1, 0.15) is 0 Å². The highest BCUT2D eigenvalue weighted by Crippen LogP contribution is 2.52. The van der Waals surface area contributed by atoms with Gasteiger partial charge in [0.2, 0.25) is 0 Å². The van der Waals surface area contributed by atoms with Crippen LogP contribution in [0.5, 0.6) is 0 Å². The average Bonchev–Trinajstić information content (AvgIpc) is 2.67. The number of hydrogen-bond donors (Lipinski definition) is 0. The van der Waals surface area contributed by atoms with Crippen molar-refractivity contribution in [2.24, 2.45) is 29.6 Å². The molecule has 0 aliphatic heterocycles. The first-order valence-corrected chi connectivity index (χ1v) is 12.7. The van der Waals surface area contributed by atoms with Gasteiger partial charge >= 0.3 is 0 Å². The summed E-state index contributed by atoms with van der Waals surface area (Å²) in [6.07, 6.45) is 22.8. The quantitative estimate of drug-likeness (QED) is 0.276. The smallest absolute Gasteiger partial charge is 0.0113 e. The molecule has 0 amide bonds. The predicted molar refractivity (Wildman–Crippen MR) is 120 cm³/mol. The zero-order chi connectivity index (χ0) is 17.7. The Hall–Kier alpha value is -0.0500. The number of hydrogen-bond acceptors (Lipinski definition) is 0. The van der Waals surface area contributed by atoms with Crippen LogP contribution < -0.4 is 0 Å². The van der Waals surface area contributed by atoms with Crippen LogP contribution in [-0.2, 0) is 0 Å². The number of allylic oxidation sites excluding steroid dienone is 6. The summed E-state index contributed by atoms with van der Waals surface area (Å²) >= 11 is 2.69. The van der Waals surface area contributed by atoms with E-state index in [9.17, 15) is 0 Å². The Morgan fingerprint density at radius 1 is 0.846 bits per heavy atom. The Morgan fingerprint density at radius 2 is 1.69 bits per heavy atom. The molecule has 3 fully saturated rings. The highest BCUT2D eigenvalue weighted by atomic mass is 127. The van der Waals surface area contributed by atoms with Crippen molar-refractivity contribution in [3.8, 4) is 0 Å². The van der Waals surface area contributed by atoms with Crippen molar-refractivity contribution < 1.29 is 0 Å². The van der Waals surface area contributed by atoms with Gasteiger partial charge in [0.25, 0.3) is 0 Å². The summed E-state index contributed by atoms with van der Waals surface area (Å²) < 4.78 is 0.941. The van der Waals surface area contributed by atoms with E-state index in [1.807, 2.05) is 5.57 Å². The van der Waals surface area contributed by atoms with Crippen LogP contribution in [0.15, 0.2) is 34.4 Å². The van der Waals surface area contributed by atoms with Crippen molar-refractivity contribution >= 4 is 22.6 Å². The van der Waals surface area contributed by atoms with Gasteiger partial charge in [0.15, 0.2) is 0 Å². The molecule has 0 radical (unpaired) electrons. The normalized spacial score (nSPS) is 43.0. The zero-order valence-electron chi connectivity index (χ0n) is 16.5. The fourth-order valence-corrected chi connectivity index (χ4v) is 8.32. The molecule has 5 rings (SSSR count). The predicted octanol–water partition coefficient (Wildman–Crippen LogP) is 7.79. The van der Waals surface area contributed by atoms with Crippen LogP contribution in [-0.4, -0.2) is 3.92 Å². The second-order valence-corrected chi connectivity index (χ2v) is 11.8. The van der Waals surface area contributed by atoms with E-state index in [0.29, 0.717) is 0 Å². The van der Waals surface area contributed by atoms with Crippen molar-refractivity contribution in [2.45, 2.75) is 87.9 Å². The molecule has 0 heterocycles. The molecule has 3 saturated carbocycles. The van der Waals surface area contributed by atoms with E-state index in [1.165, 1.54) is 77.0 Å². The SMILES string of the molecule is CC1=C2C(CCC3CCCCC23)CC(C2=CCC3CC(I)CCC3C2)=C1. The van der Waals surface area contributed by atoms with Gasteiger partial charge in [-0.3, -0.25) is 0 Å². The summed E-state index contributed by atoms with van der Waals surface area (Å²) in [5.41, 5.74) is 7.07. The lowest BCUT2D eigenvalue weighted by molar-refractivity contribution is 0.189. The van der Waals surface area contributed by atoms with Crippen LogP contribution in [0.3, 0.4) is 0 Å². The first-order valence-electron chi connectivity index (χ1n) is 11.4. The Morgan fingerprint density at radius 3 is 2.62 bits per heavy atom. The molecule has 0 saturated heterocycles. The Bertz CT molecular complexity index is 651. The molecule has 6 atom stereocenters. The molecule has 0 bridgehead atoms. The fraction of sp³-hybridized carbons (Fsp3) is 0.760. The van der Waals surface area contributed by atoms with Gasteiger partial charge in [-0.2, -0.15) is 0 Å². The van der Waals surface area contributed by atoms with Crippen molar-refractivity contribution in [3.63, 3.8) is 0 Å². The van der Waals surface area contributed by atoms with Gasteiger partial charge in [0, 0.05) is 3.92 Å². The molecule has 0 aromatic heterocycles. The zero-order valence-corrected chi connectivity index (χ0v) is 18.6. The molecule has 5 aliphatic carbocycles. The standard InChI is InChI=1S/C25H35I/c1-16-12-22(19-7-8-20-15-23(26)11-10-18(20)13-19)14-21-9-6-17-4-2-3-5-24(17)25(16)21/h7,12,17-18,20-21,23-24H,2-6,8-11,13-15H2,1H3. The minimum atomic E-state index is 0.887. The van der Waals surface area contributed by atoms with E-state index in [-0.39, 0.29) is 0 Å². The number of rotatable bonds is 1. The maximum absolute atomic E-state index is 2.69. The van der Waals surface area contributed by atoms with Crippen LogP contribution in [0.2, 0.25) is 0 Å². The third kappa shape index (κ3) is 3.29. The molecular weight excluding hydrogens is 427 g/mol. The van der Waals surface area contributed by atoms with Crippen molar-refractivity contribution in [1.29, 1.82) is 0 Å². The third-order valence-corrected chi connectivity index (χ3v) is 9.72. The number of fused-ring (bicyclic) bond motifs is 4. The van der Waals surface area contributed by atoms with E-state index in [0.717, 1.165) is 33.5 Å². The second-order valence-electron chi connectivity index (χ2n) is 10.0. The molecule has 142 valence electrons. The van der Waals surface area contributed by atoms with Crippen molar-refractivity contribution in [1.82, 2.24) is 0 Å². The summed E-state index contributed by atoms with van der Waals surface area (Å²) in [5.74, 6) is 4.84. The second kappa shape index (κ2) is 7.41. The Balaban J connectivity index is 1.39. The summed E-state index contributed by atoms with van der Waals surface area (Å²) in [5, 5.41) is 0. The van der Waals surface area contributed by atoms with Crippen LogP contribution in [0.4, 0.5) is 0 Å². The van der Waals surface area contributed by atoms with Gasteiger partial charge in [-0.15, -0.1) is 0 Å². The van der Waals surface area contributed by atoms with Gasteiger partial charge in [-0.1, -0.05) is 58.7 Å². The molecule has 0 aromatic carbocycles. The van der Waals surface area contributed by atoms with Crippen LogP contribution in [0.1, 0.15) is 84.0 Å².